The third-order valence-corrected chi connectivity index (χ3v) is 2.25. The maximum Gasteiger partial charge on any atom is 0.336 e. The Bertz CT molecular complexity index is 614. The van der Waals surface area contributed by atoms with E-state index in [2.05, 4.69) is 0 Å². The molecule has 0 atom stereocenters. The van der Waals surface area contributed by atoms with Gasteiger partial charge in [0.15, 0.2) is 0 Å². The predicted molar refractivity (Wildman–Crippen MR) is 64.6 cm³/mol. The molecule has 1 aromatic carbocycles. The number of hydrogen-bond acceptors (Lipinski definition) is 5. The Balaban J connectivity index is 2.04. The summed E-state index contributed by atoms with van der Waals surface area (Å²) in [4.78, 5) is 21.5. The van der Waals surface area contributed by atoms with Crippen LogP contribution in [0, 0.1) is 0 Å². The summed E-state index contributed by atoms with van der Waals surface area (Å²) in [5.41, 5.74) is 0.126. The van der Waals surface area contributed by atoms with Gasteiger partial charge in [-0.25, -0.2) is 4.79 Å². The summed E-state index contributed by atoms with van der Waals surface area (Å²) >= 11 is 0. The van der Waals surface area contributed by atoms with Crippen LogP contribution in [0.2, 0.25) is 0 Å². The van der Waals surface area contributed by atoms with E-state index in [4.69, 9.17) is 13.9 Å². The Kier molecular flexibility index (Phi) is 3.62. The van der Waals surface area contributed by atoms with Gasteiger partial charge in [0, 0.05) is 18.4 Å². The minimum absolute atomic E-state index is 0.206. The Hall–Kier alpha value is -2.30. The molecule has 0 unspecified atom stereocenters. The van der Waals surface area contributed by atoms with Crippen molar-refractivity contribution in [1.82, 2.24) is 0 Å². The number of fused-ring (bicyclic) bond motifs is 1. The molecule has 0 N–H and O–H groups in total. The number of carbonyl (C=O) groups excluding carboxylic acids is 1. The molecule has 0 radical (unpaired) electrons. The van der Waals surface area contributed by atoms with Gasteiger partial charge in [0.2, 0.25) is 0 Å². The van der Waals surface area contributed by atoms with Crippen LogP contribution in [-0.2, 0) is 9.53 Å². The summed E-state index contributed by atoms with van der Waals surface area (Å²) in [5.74, 6) is 0.294. The Morgan fingerprint density at radius 2 is 2.06 bits per heavy atom. The van der Waals surface area contributed by atoms with Gasteiger partial charge >= 0.3 is 11.6 Å². The van der Waals surface area contributed by atoms with Gasteiger partial charge in [0.1, 0.15) is 24.5 Å². The molecule has 0 aliphatic rings. The van der Waals surface area contributed by atoms with Crippen molar-refractivity contribution in [3.63, 3.8) is 0 Å². The lowest BCUT2D eigenvalue weighted by atomic mass is 10.2. The van der Waals surface area contributed by atoms with Crippen molar-refractivity contribution in [3.05, 3.63) is 40.8 Å². The maximum atomic E-state index is 11.0. The SMILES string of the molecule is CC(=O)OCCOc1ccc2oc(=O)ccc2c1. The molecular weight excluding hydrogens is 236 g/mol. The van der Waals surface area contributed by atoms with Crippen LogP contribution in [0.4, 0.5) is 0 Å². The first-order valence-electron chi connectivity index (χ1n) is 5.45. The van der Waals surface area contributed by atoms with Crippen molar-refractivity contribution in [3.8, 4) is 5.75 Å². The second-order valence-corrected chi connectivity index (χ2v) is 3.64. The summed E-state index contributed by atoms with van der Waals surface area (Å²) in [6.45, 7) is 1.83. The highest BCUT2D eigenvalue weighted by Crippen LogP contribution is 2.19. The normalized spacial score (nSPS) is 10.3. The van der Waals surface area contributed by atoms with Gasteiger partial charge in [-0.15, -0.1) is 0 Å². The molecule has 0 aliphatic heterocycles. The molecule has 0 fully saturated rings. The Morgan fingerprint density at radius 3 is 2.83 bits per heavy atom. The lowest BCUT2D eigenvalue weighted by Crippen LogP contribution is -2.09. The monoisotopic (exact) mass is 248 g/mol. The second-order valence-electron chi connectivity index (χ2n) is 3.64. The van der Waals surface area contributed by atoms with E-state index in [9.17, 15) is 9.59 Å². The quantitative estimate of drug-likeness (QED) is 0.468. The molecule has 18 heavy (non-hydrogen) atoms. The molecule has 94 valence electrons. The van der Waals surface area contributed by atoms with Crippen LogP contribution in [-0.4, -0.2) is 19.2 Å². The van der Waals surface area contributed by atoms with Crippen LogP contribution >= 0.6 is 0 Å². The van der Waals surface area contributed by atoms with Crippen LogP contribution < -0.4 is 10.4 Å². The zero-order chi connectivity index (χ0) is 13.0. The highest BCUT2D eigenvalue weighted by atomic mass is 16.6. The molecule has 0 aliphatic carbocycles. The number of esters is 1. The molecule has 0 bridgehead atoms. The molecule has 1 heterocycles. The Morgan fingerprint density at radius 1 is 1.22 bits per heavy atom. The smallest absolute Gasteiger partial charge is 0.336 e. The Labute approximate surface area is 103 Å². The van der Waals surface area contributed by atoms with Gasteiger partial charge in [-0.1, -0.05) is 0 Å². The molecular formula is C13H12O5. The van der Waals surface area contributed by atoms with Gasteiger partial charge in [0.25, 0.3) is 0 Å². The fraction of sp³-hybridized carbons (Fsp3) is 0.231. The highest BCUT2D eigenvalue weighted by Gasteiger charge is 2.00. The molecule has 5 nitrogen and oxygen atoms in total. The third-order valence-electron chi connectivity index (χ3n) is 2.25. The molecule has 2 aromatic rings. The molecule has 5 heteroatoms. The van der Waals surface area contributed by atoms with E-state index in [0.717, 1.165) is 5.39 Å². The number of hydrogen-bond donors (Lipinski definition) is 0. The number of rotatable bonds is 4. The molecule has 0 amide bonds. The van der Waals surface area contributed by atoms with E-state index < -0.39 is 0 Å². The van der Waals surface area contributed by atoms with Gasteiger partial charge in [0.05, 0.1) is 0 Å². The zero-order valence-corrected chi connectivity index (χ0v) is 9.84. The number of carbonyl (C=O) groups is 1. The summed E-state index contributed by atoms with van der Waals surface area (Å²) in [5, 5.41) is 0.777. The lowest BCUT2D eigenvalue weighted by molar-refractivity contribution is -0.141. The first-order valence-corrected chi connectivity index (χ1v) is 5.45. The summed E-state index contributed by atoms with van der Waals surface area (Å²) < 4.78 is 15.1. The third kappa shape index (κ3) is 3.10. The fourth-order valence-electron chi connectivity index (χ4n) is 1.48. The van der Waals surface area contributed by atoms with Gasteiger partial charge in [-0.3, -0.25) is 4.79 Å². The predicted octanol–water partition coefficient (Wildman–Crippen LogP) is 1.73. The van der Waals surface area contributed by atoms with Crippen molar-refractivity contribution >= 4 is 16.9 Å². The summed E-state index contributed by atoms with van der Waals surface area (Å²) in [6.07, 6.45) is 0. The average Bonchev–Trinajstić information content (AvgIpc) is 2.34. The minimum atomic E-state index is -0.383. The number of ether oxygens (including phenoxy) is 2. The minimum Gasteiger partial charge on any atom is -0.490 e. The van der Waals surface area contributed by atoms with E-state index in [-0.39, 0.29) is 24.8 Å². The van der Waals surface area contributed by atoms with Crippen molar-refractivity contribution in [2.75, 3.05) is 13.2 Å². The van der Waals surface area contributed by atoms with E-state index in [1.165, 1.54) is 13.0 Å². The lowest BCUT2D eigenvalue weighted by Gasteiger charge is -2.06. The molecule has 0 saturated heterocycles. The van der Waals surface area contributed by atoms with Gasteiger partial charge in [-0.2, -0.15) is 0 Å². The van der Waals surface area contributed by atoms with Gasteiger partial charge in [-0.05, 0) is 24.3 Å². The van der Waals surface area contributed by atoms with Crippen molar-refractivity contribution in [2.45, 2.75) is 6.92 Å². The maximum absolute atomic E-state index is 11.0. The topological polar surface area (TPSA) is 65.7 Å². The highest BCUT2D eigenvalue weighted by molar-refractivity contribution is 5.77. The first kappa shape index (κ1) is 12.2. The molecule has 1 aromatic heterocycles. The summed E-state index contributed by atoms with van der Waals surface area (Å²) in [6, 6.07) is 8.13. The van der Waals surface area contributed by atoms with E-state index in [1.807, 2.05) is 0 Å². The molecule has 2 rings (SSSR count). The van der Waals surface area contributed by atoms with E-state index in [0.29, 0.717) is 11.3 Å². The molecule has 0 saturated carbocycles. The van der Waals surface area contributed by atoms with Crippen molar-refractivity contribution < 1.29 is 18.7 Å². The van der Waals surface area contributed by atoms with Crippen molar-refractivity contribution in [1.29, 1.82) is 0 Å². The van der Waals surface area contributed by atoms with Crippen LogP contribution in [0.15, 0.2) is 39.5 Å². The average molecular weight is 248 g/mol. The second kappa shape index (κ2) is 5.35. The van der Waals surface area contributed by atoms with Crippen LogP contribution in [0.3, 0.4) is 0 Å². The zero-order valence-electron chi connectivity index (χ0n) is 9.84. The summed E-state index contributed by atoms with van der Waals surface area (Å²) in [7, 11) is 0. The fourth-order valence-corrected chi connectivity index (χ4v) is 1.48. The van der Waals surface area contributed by atoms with Crippen LogP contribution in [0.1, 0.15) is 6.92 Å². The molecule has 0 spiro atoms. The largest absolute Gasteiger partial charge is 0.490 e. The van der Waals surface area contributed by atoms with Crippen LogP contribution in [0.25, 0.3) is 11.0 Å². The first-order chi connectivity index (χ1) is 8.65. The standard InChI is InChI=1S/C13H12O5/c1-9(14)16-6-7-17-11-3-4-12-10(8-11)2-5-13(15)18-12/h2-5,8H,6-7H2,1H3. The van der Waals surface area contributed by atoms with Crippen LogP contribution in [0.5, 0.6) is 5.75 Å². The van der Waals surface area contributed by atoms with Gasteiger partial charge < -0.3 is 13.9 Å². The number of benzene rings is 1. The van der Waals surface area contributed by atoms with E-state index >= 15 is 0 Å². The van der Waals surface area contributed by atoms with E-state index in [1.54, 1.807) is 24.3 Å². The van der Waals surface area contributed by atoms with Crippen molar-refractivity contribution in [2.24, 2.45) is 0 Å².